The minimum atomic E-state index is -0.933. The van der Waals surface area contributed by atoms with Gasteiger partial charge >= 0.3 is 12.0 Å². The number of hydrogen-bond donors (Lipinski definition) is 2. The van der Waals surface area contributed by atoms with Crippen LogP contribution < -0.4 is 5.32 Å². The maximum absolute atomic E-state index is 12.0. The minimum absolute atomic E-state index is 0.138. The van der Waals surface area contributed by atoms with Crippen LogP contribution in [0.25, 0.3) is 0 Å². The number of carbonyl (C=O) groups is 2. The highest BCUT2D eigenvalue weighted by Crippen LogP contribution is 2.30. The Hall–Kier alpha value is -1.26. The van der Waals surface area contributed by atoms with Crippen LogP contribution in [0.3, 0.4) is 0 Å². The van der Waals surface area contributed by atoms with Gasteiger partial charge in [-0.1, -0.05) is 0 Å². The molecule has 5 nitrogen and oxygen atoms in total. The van der Waals surface area contributed by atoms with E-state index in [9.17, 15) is 9.59 Å². The lowest BCUT2D eigenvalue weighted by Crippen LogP contribution is -2.48. The number of carboxylic acid groups (broad SMARTS) is 1. The van der Waals surface area contributed by atoms with Crippen molar-refractivity contribution >= 4 is 12.0 Å². The molecule has 0 heterocycles. The Bertz CT molecular complexity index is 322. The molecule has 1 rings (SSSR count). The van der Waals surface area contributed by atoms with Crippen LogP contribution >= 0.6 is 0 Å². The van der Waals surface area contributed by atoms with Crippen LogP contribution in [-0.4, -0.2) is 41.1 Å². The van der Waals surface area contributed by atoms with Gasteiger partial charge < -0.3 is 15.3 Å². The molecule has 1 aliphatic rings. The van der Waals surface area contributed by atoms with E-state index >= 15 is 0 Å². The van der Waals surface area contributed by atoms with E-state index in [1.165, 1.54) is 12.8 Å². The van der Waals surface area contributed by atoms with E-state index in [1.54, 1.807) is 18.7 Å². The van der Waals surface area contributed by atoms with E-state index in [1.807, 2.05) is 13.8 Å². The van der Waals surface area contributed by atoms with Crippen molar-refractivity contribution in [2.75, 3.05) is 13.1 Å². The van der Waals surface area contributed by atoms with E-state index in [2.05, 4.69) is 5.32 Å². The SMILES string of the molecule is CC(C)N(CC1CC1)C(=O)NCC(C)(C)C(=O)O. The molecule has 0 spiro atoms. The molecule has 1 saturated carbocycles. The second-order valence-corrected chi connectivity index (χ2v) is 6.04. The largest absolute Gasteiger partial charge is 0.481 e. The van der Waals surface area contributed by atoms with Gasteiger partial charge in [-0.2, -0.15) is 0 Å². The van der Waals surface area contributed by atoms with Crippen molar-refractivity contribution in [2.45, 2.75) is 46.6 Å². The van der Waals surface area contributed by atoms with Crippen molar-refractivity contribution in [3.8, 4) is 0 Å². The summed E-state index contributed by atoms with van der Waals surface area (Å²) in [4.78, 5) is 24.8. The molecule has 18 heavy (non-hydrogen) atoms. The molecule has 104 valence electrons. The number of nitrogens with one attached hydrogen (secondary N) is 1. The quantitative estimate of drug-likeness (QED) is 0.763. The number of rotatable bonds is 6. The van der Waals surface area contributed by atoms with Gasteiger partial charge in [-0.25, -0.2) is 4.79 Å². The number of aliphatic carboxylic acids is 1. The third-order valence-electron chi connectivity index (χ3n) is 3.30. The number of nitrogens with zero attached hydrogens (tertiary/aromatic N) is 1. The number of carbonyl (C=O) groups excluding carboxylic acids is 1. The first-order valence-corrected chi connectivity index (χ1v) is 6.52. The summed E-state index contributed by atoms with van der Waals surface area (Å²) in [5.74, 6) is -0.272. The highest BCUT2D eigenvalue weighted by atomic mass is 16.4. The zero-order valence-corrected chi connectivity index (χ0v) is 11.7. The van der Waals surface area contributed by atoms with Gasteiger partial charge in [-0.15, -0.1) is 0 Å². The highest BCUT2D eigenvalue weighted by molar-refractivity contribution is 5.77. The lowest BCUT2D eigenvalue weighted by Gasteiger charge is -2.29. The summed E-state index contributed by atoms with van der Waals surface area (Å²) in [6.07, 6.45) is 2.38. The summed E-state index contributed by atoms with van der Waals surface area (Å²) in [7, 11) is 0. The maximum Gasteiger partial charge on any atom is 0.317 e. The molecule has 0 aromatic rings. The topological polar surface area (TPSA) is 69.6 Å². The zero-order chi connectivity index (χ0) is 13.9. The first-order valence-electron chi connectivity index (χ1n) is 6.52. The summed E-state index contributed by atoms with van der Waals surface area (Å²) in [5, 5.41) is 11.7. The summed E-state index contributed by atoms with van der Waals surface area (Å²) in [6, 6.07) is -0.0234. The van der Waals surface area contributed by atoms with Crippen LogP contribution in [0.2, 0.25) is 0 Å². The second-order valence-electron chi connectivity index (χ2n) is 6.04. The minimum Gasteiger partial charge on any atom is -0.481 e. The monoisotopic (exact) mass is 256 g/mol. The summed E-state index contributed by atoms with van der Waals surface area (Å²) >= 11 is 0. The average molecular weight is 256 g/mol. The predicted octanol–water partition coefficient (Wildman–Crippen LogP) is 1.93. The normalized spacial score (nSPS) is 15.6. The van der Waals surface area contributed by atoms with Crippen LogP contribution in [0, 0.1) is 11.3 Å². The van der Waals surface area contributed by atoms with Gasteiger partial charge in [-0.3, -0.25) is 4.79 Å². The van der Waals surface area contributed by atoms with Crippen LogP contribution in [0.1, 0.15) is 40.5 Å². The number of hydrogen-bond acceptors (Lipinski definition) is 2. The van der Waals surface area contributed by atoms with E-state index in [4.69, 9.17) is 5.11 Å². The summed E-state index contributed by atoms with van der Waals surface area (Å²) in [6.45, 7) is 8.09. The molecule has 1 aliphatic carbocycles. The van der Waals surface area contributed by atoms with Gasteiger partial charge in [0.25, 0.3) is 0 Å². The molecule has 0 unspecified atom stereocenters. The second kappa shape index (κ2) is 5.59. The van der Waals surface area contributed by atoms with Crippen molar-refractivity contribution in [1.29, 1.82) is 0 Å². The fourth-order valence-corrected chi connectivity index (χ4v) is 1.58. The Balaban J connectivity index is 2.48. The van der Waals surface area contributed by atoms with Gasteiger partial charge in [0, 0.05) is 19.1 Å². The lowest BCUT2D eigenvalue weighted by atomic mass is 9.94. The molecule has 0 bridgehead atoms. The highest BCUT2D eigenvalue weighted by Gasteiger charge is 2.31. The molecule has 1 fully saturated rings. The third kappa shape index (κ3) is 4.20. The lowest BCUT2D eigenvalue weighted by molar-refractivity contribution is -0.146. The van der Waals surface area contributed by atoms with E-state index < -0.39 is 11.4 Å². The van der Waals surface area contributed by atoms with Gasteiger partial charge in [0.1, 0.15) is 0 Å². The Morgan fingerprint density at radius 2 is 1.94 bits per heavy atom. The molecule has 0 aliphatic heterocycles. The predicted molar refractivity (Wildman–Crippen MR) is 69.4 cm³/mol. The molecule has 2 amide bonds. The third-order valence-corrected chi connectivity index (χ3v) is 3.30. The van der Waals surface area contributed by atoms with Crippen molar-refractivity contribution < 1.29 is 14.7 Å². The molecule has 2 N–H and O–H groups in total. The van der Waals surface area contributed by atoms with E-state index in [0.29, 0.717) is 5.92 Å². The van der Waals surface area contributed by atoms with Crippen molar-refractivity contribution in [3.05, 3.63) is 0 Å². The van der Waals surface area contributed by atoms with Crippen molar-refractivity contribution in [2.24, 2.45) is 11.3 Å². The molecule has 0 atom stereocenters. The molecule has 0 aromatic heterocycles. The molecular weight excluding hydrogens is 232 g/mol. The Labute approximate surface area is 109 Å². The molecule has 0 saturated heterocycles. The average Bonchev–Trinajstić information content (AvgIpc) is 3.05. The van der Waals surface area contributed by atoms with E-state index in [0.717, 1.165) is 6.54 Å². The fraction of sp³-hybridized carbons (Fsp3) is 0.846. The number of amides is 2. The van der Waals surface area contributed by atoms with Crippen LogP contribution in [-0.2, 0) is 4.79 Å². The van der Waals surface area contributed by atoms with Crippen molar-refractivity contribution in [1.82, 2.24) is 10.2 Å². The molecule has 0 radical (unpaired) electrons. The Morgan fingerprint density at radius 3 is 2.33 bits per heavy atom. The van der Waals surface area contributed by atoms with E-state index in [-0.39, 0.29) is 18.6 Å². The molecule has 0 aromatic carbocycles. The molecule has 5 heteroatoms. The fourth-order valence-electron chi connectivity index (χ4n) is 1.58. The number of urea groups is 1. The van der Waals surface area contributed by atoms with Gasteiger partial charge in [0.2, 0.25) is 0 Å². The first kappa shape index (κ1) is 14.8. The van der Waals surface area contributed by atoms with Crippen LogP contribution in [0.5, 0.6) is 0 Å². The zero-order valence-electron chi connectivity index (χ0n) is 11.7. The Kier molecular flexibility index (Phi) is 4.59. The smallest absolute Gasteiger partial charge is 0.317 e. The maximum atomic E-state index is 12.0. The van der Waals surface area contributed by atoms with Gasteiger partial charge in [0.15, 0.2) is 0 Å². The first-order chi connectivity index (χ1) is 8.24. The van der Waals surface area contributed by atoms with Gasteiger partial charge in [-0.05, 0) is 46.5 Å². The standard InChI is InChI=1S/C13H24N2O3/c1-9(2)15(7-10-5-6-10)12(18)14-8-13(3,4)11(16)17/h9-10H,5-8H2,1-4H3,(H,14,18)(H,16,17). The number of carboxylic acids is 1. The summed E-state index contributed by atoms with van der Waals surface area (Å²) < 4.78 is 0. The van der Waals surface area contributed by atoms with Crippen LogP contribution in [0.15, 0.2) is 0 Å². The molecular formula is C13H24N2O3. The van der Waals surface area contributed by atoms with Gasteiger partial charge in [0.05, 0.1) is 5.41 Å². The Morgan fingerprint density at radius 1 is 1.39 bits per heavy atom. The summed E-state index contributed by atoms with van der Waals surface area (Å²) in [5.41, 5.74) is -0.933. The van der Waals surface area contributed by atoms with Crippen LogP contribution in [0.4, 0.5) is 4.79 Å². The van der Waals surface area contributed by atoms with Crippen molar-refractivity contribution in [3.63, 3.8) is 0 Å².